The van der Waals surface area contributed by atoms with Crippen LogP contribution in [0.5, 0.6) is 0 Å². The molecule has 1 saturated carbocycles. The summed E-state index contributed by atoms with van der Waals surface area (Å²) in [4.78, 5) is 14.0. The summed E-state index contributed by atoms with van der Waals surface area (Å²) in [5, 5.41) is 0. The standard InChI is InChI=1S/C11H18BrNO/c1-2-10(8-4-3-5-8)13-7-6-9(12)11(13)14/h8-10H,2-7H2,1H3. The molecule has 1 aliphatic carbocycles. The number of carbonyl (C=O) groups is 1. The van der Waals surface area contributed by atoms with Gasteiger partial charge in [0.1, 0.15) is 0 Å². The third-order valence-electron chi connectivity index (χ3n) is 3.69. The van der Waals surface area contributed by atoms with Gasteiger partial charge in [-0.3, -0.25) is 4.79 Å². The Hall–Kier alpha value is -0.0500. The van der Waals surface area contributed by atoms with Gasteiger partial charge in [0.25, 0.3) is 0 Å². The van der Waals surface area contributed by atoms with E-state index in [4.69, 9.17) is 0 Å². The summed E-state index contributed by atoms with van der Waals surface area (Å²) < 4.78 is 0. The van der Waals surface area contributed by atoms with E-state index in [2.05, 4.69) is 27.8 Å². The summed E-state index contributed by atoms with van der Waals surface area (Å²) >= 11 is 3.44. The van der Waals surface area contributed by atoms with Crippen LogP contribution in [0.4, 0.5) is 0 Å². The van der Waals surface area contributed by atoms with Crippen LogP contribution in [0.2, 0.25) is 0 Å². The summed E-state index contributed by atoms with van der Waals surface area (Å²) in [5.74, 6) is 1.12. The minimum absolute atomic E-state index is 0.0941. The Morgan fingerprint density at radius 2 is 2.21 bits per heavy atom. The van der Waals surface area contributed by atoms with E-state index < -0.39 is 0 Å². The molecule has 0 aromatic heterocycles. The smallest absolute Gasteiger partial charge is 0.236 e. The van der Waals surface area contributed by atoms with E-state index in [0.29, 0.717) is 11.9 Å². The van der Waals surface area contributed by atoms with E-state index in [9.17, 15) is 4.79 Å². The molecule has 80 valence electrons. The molecule has 2 rings (SSSR count). The lowest BCUT2D eigenvalue weighted by molar-refractivity contribution is -0.130. The molecule has 2 fully saturated rings. The van der Waals surface area contributed by atoms with Crippen LogP contribution in [-0.4, -0.2) is 28.2 Å². The highest BCUT2D eigenvalue weighted by Crippen LogP contribution is 2.36. The number of hydrogen-bond donors (Lipinski definition) is 0. The molecule has 0 radical (unpaired) electrons. The second-order valence-electron chi connectivity index (χ2n) is 4.45. The number of rotatable bonds is 3. The first-order valence-corrected chi connectivity index (χ1v) is 6.60. The number of hydrogen-bond acceptors (Lipinski definition) is 1. The molecule has 0 spiro atoms. The van der Waals surface area contributed by atoms with Gasteiger partial charge in [-0.25, -0.2) is 0 Å². The first-order valence-electron chi connectivity index (χ1n) is 5.68. The van der Waals surface area contributed by atoms with Crippen molar-refractivity contribution in [3.8, 4) is 0 Å². The van der Waals surface area contributed by atoms with Gasteiger partial charge in [0, 0.05) is 12.6 Å². The molecule has 2 unspecified atom stereocenters. The quantitative estimate of drug-likeness (QED) is 0.714. The zero-order chi connectivity index (χ0) is 10.1. The van der Waals surface area contributed by atoms with Crippen LogP contribution in [0, 0.1) is 5.92 Å². The third-order valence-corrected chi connectivity index (χ3v) is 4.54. The molecule has 2 atom stereocenters. The average molecular weight is 260 g/mol. The van der Waals surface area contributed by atoms with Gasteiger partial charge in [0.05, 0.1) is 4.83 Å². The van der Waals surface area contributed by atoms with E-state index in [1.165, 1.54) is 19.3 Å². The predicted octanol–water partition coefficient (Wildman–Crippen LogP) is 2.56. The molecule has 0 aromatic carbocycles. The van der Waals surface area contributed by atoms with Crippen molar-refractivity contribution in [1.29, 1.82) is 0 Å². The van der Waals surface area contributed by atoms with Crippen molar-refractivity contribution in [3.05, 3.63) is 0 Å². The molecule has 14 heavy (non-hydrogen) atoms. The van der Waals surface area contributed by atoms with Crippen molar-refractivity contribution in [1.82, 2.24) is 4.90 Å². The van der Waals surface area contributed by atoms with Gasteiger partial charge in [0.15, 0.2) is 0 Å². The molecule has 0 bridgehead atoms. The lowest BCUT2D eigenvalue weighted by atomic mass is 9.78. The molecule has 0 aromatic rings. The van der Waals surface area contributed by atoms with Crippen LogP contribution in [0.15, 0.2) is 0 Å². The molecular weight excluding hydrogens is 242 g/mol. The van der Waals surface area contributed by atoms with E-state index in [-0.39, 0.29) is 4.83 Å². The number of carbonyl (C=O) groups excluding carboxylic acids is 1. The number of nitrogens with zero attached hydrogens (tertiary/aromatic N) is 1. The number of alkyl halides is 1. The summed E-state index contributed by atoms with van der Waals surface area (Å²) in [7, 11) is 0. The van der Waals surface area contributed by atoms with Crippen molar-refractivity contribution in [2.24, 2.45) is 5.92 Å². The Kier molecular flexibility index (Phi) is 3.15. The molecule has 2 aliphatic rings. The molecule has 1 heterocycles. The zero-order valence-electron chi connectivity index (χ0n) is 8.71. The minimum atomic E-state index is 0.0941. The number of amides is 1. The first kappa shape index (κ1) is 10.5. The highest BCUT2D eigenvalue weighted by atomic mass is 79.9. The van der Waals surface area contributed by atoms with E-state index in [1.54, 1.807) is 0 Å². The molecule has 2 nitrogen and oxygen atoms in total. The SMILES string of the molecule is CCC(C1CCC1)N1CCC(Br)C1=O. The maximum Gasteiger partial charge on any atom is 0.236 e. The second-order valence-corrected chi connectivity index (χ2v) is 5.56. The van der Waals surface area contributed by atoms with Gasteiger partial charge in [-0.1, -0.05) is 29.3 Å². The van der Waals surface area contributed by atoms with E-state index >= 15 is 0 Å². The summed E-state index contributed by atoms with van der Waals surface area (Å²) in [5.41, 5.74) is 0. The maximum atomic E-state index is 11.8. The van der Waals surface area contributed by atoms with E-state index in [1.807, 2.05) is 0 Å². The van der Waals surface area contributed by atoms with Gasteiger partial charge in [-0.2, -0.15) is 0 Å². The maximum absolute atomic E-state index is 11.8. The number of halogens is 1. The Bertz CT molecular complexity index is 227. The lowest BCUT2D eigenvalue weighted by Crippen LogP contribution is -2.44. The minimum Gasteiger partial charge on any atom is -0.338 e. The van der Waals surface area contributed by atoms with Crippen LogP contribution < -0.4 is 0 Å². The topological polar surface area (TPSA) is 20.3 Å². The van der Waals surface area contributed by atoms with Gasteiger partial charge in [-0.05, 0) is 31.6 Å². The van der Waals surface area contributed by atoms with Crippen molar-refractivity contribution in [3.63, 3.8) is 0 Å². The average Bonchev–Trinajstić information content (AvgIpc) is 2.41. The molecule has 0 N–H and O–H groups in total. The van der Waals surface area contributed by atoms with E-state index in [0.717, 1.165) is 25.3 Å². The molecule has 3 heteroatoms. The van der Waals surface area contributed by atoms with Crippen LogP contribution in [-0.2, 0) is 4.79 Å². The summed E-state index contributed by atoms with van der Waals surface area (Å²) in [6.45, 7) is 3.17. The lowest BCUT2D eigenvalue weighted by Gasteiger charge is -2.39. The Morgan fingerprint density at radius 3 is 2.57 bits per heavy atom. The monoisotopic (exact) mass is 259 g/mol. The van der Waals surface area contributed by atoms with Crippen molar-refractivity contribution in [2.45, 2.75) is 49.9 Å². The normalized spacial score (nSPS) is 30.6. The highest BCUT2D eigenvalue weighted by Gasteiger charge is 2.38. The fourth-order valence-electron chi connectivity index (χ4n) is 2.63. The van der Waals surface area contributed by atoms with Crippen LogP contribution in [0.1, 0.15) is 39.0 Å². The first-order chi connectivity index (χ1) is 6.74. The van der Waals surface area contributed by atoms with Crippen molar-refractivity contribution in [2.75, 3.05) is 6.54 Å². The molecule has 1 saturated heterocycles. The van der Waals surface area contributed by atoms with Gasteiger partial charge in [-0.15, -0.1) is 0 Å². The molecule has 1 aliphatic heterocycles. The summed E-state index contributed by atoms with van der Waals surface area (Å²) in [6, 6.07) is 0.527. The van der Waals surface area contributed by atoms with Gasteiger partial charge >= 0.3 is 0 Å². The second kappa shape index (κ2) is 4.21. The Labute approximate surface area is 94.2 Å². The van der Waals surface area contributed by atoms with Crippen LogP contribution in [0.25, 0.3) is 0 Å². The predicted molar refractivity (Wildman–Crippen MR) is 60.5 cm³/mol. The fraction of sp³-hybridized carbons (Fsp3) is 0.909. The Balaban J connectivity index is 2.00. The van der Waals surface area contributed by atoms with Crippen molar-refractivity contribution < 1.29 is 4.79 Å². The van der Waals surface area contributed by atoms with Crippen LogP contribution >= 0.6 is 15.9 Å². The van der Waals surface area contributed by atoms with Crippen LogP contribution in [0.3, 0.4) is 0 Å². The molecule has 1 amide bonds. The number of likely N-dealkylation sites (tertiary alicyclic amines) is 1. The van der Waals surface area contributed by atoms with Gasteiger partial charge in [0.2, 0.25) is 5.91 Å². The Morgan fingerprint density at radius 1 is 1.50 bits per heavy atom. The molecular formula is C11H18BrNO. The van der Waals surface area contributed by atoms with Crippen molar-refractivity contribution >= 4 is 21.8 Å². The largest absolute Gasteiger partial charge is 0.338 e. The summed E-state index contributed by atoms with van der Waals surface area (Å²) in [6.07, 6.45) is 6.13. The third kappa shape index (κ3) is 1.71. The van der Waals surface area contributed by atoms with Gasteiger partial charge < -0.3 is 4.90 Å². The zero-order valence-corrected chi connectivity index (χ0v) is 10.3. The highest BCUT2D eigenvalue weighted by molar-refractivity contribution is 9.10. The fourth-order valence-corrected chi connectivity index (χ4v) is 3.10.